The second-order valence-electron chi connectivity index (χ2n) is 5.72. The van der Waals surface area contributed by atoms with Crippen molar-refractivity contribution in [1.82, 2.24) is 10.0 Å². The molecule has 0 bridgehead atoms. The minimum atomic E-state index is -1.03. The van der Waals surface area contributed by atoms with Gasteiger partial charge in [-0.1, -0.05) is 24.3 Å². The molecule has 2 N–H and O–H groups in total. The highest BCUT2D eigenvalue weighted by Crippen LogP contribution is 2.26. The largest absolute Gasteiger partial charge is 0.598 e. The number of hydrogen-bond acceptors (Lipinski definition) is 3. The van der Waals surface area contributed by atoms with Crippen LogP contribution in [-0.4, -0.2) is 15.8 Å². The fraction of sp³-hybridized carbons (Fsp3) is 0.571. The summed E-state index contributed by atoms with van der Waals surface area (Å²) < 4.78 is 15.3. The molecular formula is C14H22N2OS. The maximum atomic E-state index is 12.2. The van der Waals surface area contributed by atoms with Gasteiger partial charge in [-0.3, -0.25) is 0 Å². The molecule has 18 heavy (non-hydrogen) atoms. The van der Waals surface area contributed by atoms with Gasteiger partial charge in [0.15, 0.2) is 0 Å². The molecule has 0 saturated carbocycles. The van der Waals surface area contributed by atoms with Crippen LogP contribution in [-0.2, 0) is 17.9 Å². The number of benzene rings is 1. The molecule has 1 aromatic rings. The lowest BCUT2D eigenvalue weighted by molar-refractivity contribution is 0.510. The van der Waals surface area contributed by atoms with Crippen LogP contribution in [0.3, 0.4) is 0 Å². The first-order valence-electron chi connectivity index (χ1n) is 6.45. The monoisotopic (exact) mass is 266 g/mol. The molecule has 0 aliphatic carbocycles. The Kier molecular flexibility index (Phi) is 4.33. The van der Waals surface area contributed by atoms with E-state index in [4.69, 9.17) is 0 Å². The van der Waals surface area contributed by atoms with Crippen LogP contribution in [0.15, 0.2) is 24.3 Å². The normalized spacial score (nSPS) is 22.1. The minimum absolute atomic E-state index is 0.177. The Bertz CT molecular complexity index is 403. The summed E-state index contributed by atoms with van der Waals surface area (Å²) in [6, 6.07) is 8.57. The third kappa shape index (κ3) is 3.26. The van der Waals surface area contributed by atoms with Crippen LogP contribution < -0.4 is 10.0 Å². The molecule has 1 aromatic carbocycles. The first-order valence-corrected chi connectivity index (χ1v) is 7.60. The topological polar surface area (TPSA) is 47.1 Å². The predicted molar refractivity (Wildman–Crippen MR) is 76.5 cm³/mol. The third-order valence-corrected chi connectivity index (χ3v) is 4.77. The van der Waals surface area contributed by atoms with Gasteiger partial charge in [-0.05, 0) is 44.9 Å². The standard InChI is InChI=1S/C14H22N2OS/c1-14(2,3)18(17)16-13-8-9-15-10-11-6-4-5-7-12(11)13/h4-7,13,15-16H,8-10H2,1-3H3. The van der Waals surface area contributed by atoms with Crippen LogP contribution in [0.2, 0.25) is 0 Å². The molecule has 1 aliphatic rings. The van der Waals surface area contributed by atoms with E-state index in [2.05, 4.69) is 34.3 Å². The summed E-state index contributed by atoms with van der Waals surface area (Å²) >= 11 is -1.03. The third-order valence-electron chi connectivity index (χ3n) is 3.16. The lowest BCUT2D eigenvalue weighted by Crippen LogP contribution is -2.41. The van der Waals surface area contributed by atoms with E-state index < -0.39 is 11.4 Å². The molecule has 3 nitrogen and oxygen atoms in total. The molecule has 2 unspecified atom stereocenters. The van der Waals surface area contributed by atoms with Crippen molar-refractivity contribution in [2.24, 2.45) is 0 Å². The molecule has 1 aliphatic heterocycles. The second-order valence-corrected chi connectivity index (χ2v) is 7.71. The lowest BCUT2D eigenvalue weighted by atomic mass is 10.0. The fourth-order valence-corrected chi connectivity index (χ4v) is 2.95. The summed E-state index contributed by atoms with van der Waals surface area (Å²) in [5, 5.41) is 3.41. The first-order chi connectivity index (χ1) is 8.48. The van der Waals surface area contributed by atoms with Gasteiger partial charge in [0.2, 0.25) is 0 Å². The van der Waals surface area contributed by atoms with Gasteiger partial charge in [0.25, 0.3) is 0 Å². The first kappa shape index (κ1) is 13.9. The molecule has 0 amide bonds. The molecule has 0 fully saturated rings. The molecule has 4 heteroatoms. The van der Waals surface area contributed by atoms with Crippen LogP contribution in [0.5, 0.6) is 0 Å². The number of fused-ring (bicyclic) bond motifs is 1. The summed E-state index contributed by atoms with van der Waals surface area (Å²) in [5.41, 5.74) is 2.58. The summed E-state index contributed by atoms with van der Waals surface area (Å²) in [6.07, 6.45) is 0.971. The Balaban J connectivity index is 2.18. The Morgan fingerprint density at radius 1 is 1.33 bits per heavy atom. The quantitative estimate of drug-likeness (QED) is 0.807. The highest BCUT2D eigenvalue weighted by atomic mass is 32.2. The van der Waals surface area contributed by atoms with Crippen LogP contribution in [0.25, 0.3) is 0 Å². The van der Waals surface area contributed by atoms with Gasteiger partial charge in [-0.2, -0.15) is 0 Å². The van der Waals surface area contributed by atoms with Crippen molar-refractivity contribution < 1.29 is 4.55 Å². The molecule has 0 aromatic heterocycles. The Morgan fingerprint density at radius 3 is 2.78 bits per heavy atom. The van der Waals surface area contributed by atoms with E-state index in [-0.39, 0.29) is 10.8 Å². The molecular weight excluding hydrogens is 244 g/mol. The van der Waals surface area contributed by atoms with E-state index in [1.807, 2.05) is 20.8 Å². The summed E-state index contributed by atoms with van der Waals surface area (Å²) in [7, 11) is 0. The SMILES string of the molecule is CC(C)(C)[S+]([O-])NC1CCNCc2ccccc21. The zero-order valence-corrected chi connectivity index (χ0v) is 12.1. The summed E-state index contributed by atoms with van der Waals surface area (Å²) in [6.45, 7) is 7.84. The second kappa shape index (κ2) is 5.61. The zero-order valence-electron chi connectivity index (χ0n) is 11.3. The van der Waals surface area contributed by atoms with E-state index in [9.17, 15) is 4.55 Å². The van der Waals surface area contributed by atoms with Crippen molar-refractivity contribution in [2.45, 2.75) is 44.5 Å². The van der Waals surface area contributed by atoms with Crippen molar-refractivity contribution in [3.63, 3.8) is 0 Å². The maximum absolute atomic E-state index is 12.2. The molecule has 1 heterocycles. The van der Waals surface area contributed by atoms with Gasteiger partial charge in [0, 0.05) is 17.9 Å². The van der Waals surface area contributed by atoms with Crippen molar-refractivity contribution in [3.05, 3.63) is 35.4 Å². The van der Waals surface area contributed by atoms with Gasteiger partial charge in [0.1, 0.15) is 4.75 Å². The Labute approximate surface area is 113 Å². The van der Waals surface area contributed by atoms with E-state index >= 15 is 0 Å². The van der Waals surface area contributed by atoms with E-state index in [1.165, 1.54) is 11.1 Å². The van der Waals surface area contributed by atoms with Gasteiger partial charge in [-0.25, -0.2) is 0 Å². The summed E-state index contributed by atoms with van der Waals surface area (Å²) in [4.78, 5) is 0. The van der Waals surface area contributed by atoms with Crippen molar-refractivity contribution in [1.29, 1.82) is 0 Å². The van der Waals surface area contributed by atoms with E-state index in [0.29, 0.717) is 0 Å². The van der Waals surface area contributed by atoms with Crippen LogP contribution in [0.4, 0.5) is 0 Å². The molecule has 0 spiro atoms. The average molecular weight is 266 g/mol. The summed E-state index contributed by atoms with van der Waals surface area (Å²) in [5.74, 6) is 0. The van der Waals surface area contributed by atoms with Gasteiger partial charge in [-0.15, -0.1) is 4.72 Å². The van der Waals surface area contributed by atoms with Crippen LogP contribution in [0.1, 0.15) is 44.4 Å². The molecule has 0 saturated heterocycles. The van der Waals surface area contributed by atoms with Gasteiger partial charge < -0.3 is 9.87 Å². The number of nitrogens with one attached hydrogen (secondary N) is 2. The molecule has 0 radical (unpaired) electrons. The Hall–Kier alpha value is -0.550. The molecule has 100 valence electrons. The zero-order chi connectivity index (χ0) is 13.2. The van der Waals surface area contributed by atoms with Gasteiger partial charge in [0.05, 0.1) is 6.04 Å². The van der Waals surface area contributed by atoms with E-state index in [1.54, 1.807) is 0 Å². The van der Waals surface area contributed by atoms with Crippen molar-refractivity contribution in [2.75, 3.05) is 6.54 Å². The highest BCUT2D eigenvalue weighted by molar-refractivity contribution is 7.90. The fourth-order valence-electron chi connectivity index (χ4n) is 2.09. The maximum Gasteiger partial charge on any atom is 0.136 e. The van der Waals surface area contributed by atoms with Crippen LogP contribution >= 0.6 is 0 Å². The smallest absolute Gasteiger partial charge is 0.136 e. The number of rotatable bonds is 2. The number of hydrogen-bond donors (Lipinski definition) is 2. The van der Waals surface area contributed by atoms with Crippen molar-refractivity contribution >= 4 is 11.4 Å². The predicted octanol–water partition coefficient (Wildman–Crippen LogP) is 2.27. The highest BCUT2D eigenvalue weighted by Gasteiger charge is 2.30. The van der Waals surface area contributed by atoms with Crippen molar-refractivity contribution in [3.8, 4) is 0 Å². The van der Waals surface area contributed by atoms with Gasteiger partial charge >= 0.3 is 0 Å². The Morgan fingerprint density at radius 2 is 2.06 bits per heavy atom. The minimum Gasteiger partial charge on any atom is -0.598 e. The van der Waals surface area contributed by atoms with E-state index in [0.717, 1.165) is 19.5 Å². The average Bonchev–Trinajstić information content (AvgIpc) is 2.51. The van der Waals surface area contributed by atoms with Crippen LogP contribution in [0, 0.1) is 0 Å². The molecule has 2 atom stereocenters. The molecule has 2 rings (SSSR count). The lowest BCUT2D eigenvalue weighted by Gasteiger charge is -2.28.